The van der Waals surface area contributed by atoms with Gasteiger partial charge in [-0.15, -0.1) is 0 Å². The Morgan fingerprint density at radius 1 is 1.10 bits per heavy atom. The third-order valence-electron chi connectivity index (χ3n) is 5.09. The summed E-state index contributed by atoms with van der Waals surface area (Å²) in [7, 11) is 1.81. The van der Waals surface area contributed by atoms with Crippen LogP contribution in [0.2, 0.25) is 0 Å². The molecule has 1 aliphatic heterocycles. The molecule has 1 fully saturated rings. The number of hydrogen-bond donors (Lipinski definition) is 1. The van der Waals surface area contributed by atoms with Gasteiger partial charge in [-0.3, -0.25) is 0 Å². The highest BCUT2D eigenvalue weighted by atomic mass is 16.5. The average molecular weight is 385 g/mol. The van der Waals surface area contributed by atoms with E-state index in [0.29, 0.717) is 12.0 Å². The van der Waals surface area contributed by atoms with Gasteiger partial charge in [-0.25, -0.2) is 9.97 Å². The Morgan fingerprint density at radius 3 is 2.62 bits per heavy atom. The van der Waals surface area contributed by atoms with Crippen LogP contribution in [0.15, 0.2) is 54.7 Å². The van der Waals surface area contributed by atoms with Gasteiger partial charge in [0, 0.05) is 44.0 Å². The second-order valence-corrected chi connectivity index (χ2v) is 6.92. The standard InChI is InChI=1S/C23H23N5O/c1-25-21-7-4-18(15-19(21)16-24)22-8-9-26-23(27-22)14-17-2-5-20(6-3-17)28-10-12-29-13-11-28/h2-9,15,25H,10-14H2,1H3. The van der Waals surface area contributed by atoms with E-state index >= 15 is 0 Å². The molecule has 4 rings (SSSR count). The minimum absolute atomic E-state index is 0.601. The Kier molecular flexibility index (Phi) is 5.68. The normalized spacial score (nSPS) is 13.7. The van der Waals surface area contributed by atoms with Crippen molar-refractivity contribution in [2.24, 2.45) is 0 Å². The van der Waals surface area contributed by atoms with E-state index in [1.165, 1.54) is 11.3 Å². The van der Waals surface area contributed by atoms with Gasteiger partial charge in [0.25, 0.3) is 0 Å². The van der Waals surface area contributed by atoms with Crippen LogP contribution >= 0.6 is 0 Å². The molecule has 0 aliphatic carbocycles. The van der Waals surface area contributed by atoms with Gasteiger partial charge in [-0.1, -0.05) is 18.2 Å². The molecule has 2 aromatic carbocycles. The van der Waals surface area contributed by atoms with Crippen molar-refractivity contribution in [3.63, 3.8) is 0 Å². The summed E-state index contributed by atoms with van der Waals surface area (Å²) in [6, 6.07) is 18.4. The Labute approximate surface area is 170 Å². The number of morpholine rings is 1. The van der Waals surface area contributed by atoms with E-state index in [1.54, 1.807) is 6.20 Å². The first-order chi connectivity index (χ1) is 14.3. The van der Waals surface area contributed by atoms with Crippen molar-refractivity contribution in [3.05, 3.63) is 71.7 Å². The number of aromatic nitrogens is 2. The molecule has 3 aromatic rings. The highest BCUT2D eigenvalue weighted by molar-refractivity contribution is 5.68. The van der Waals surface area contributed by atoms with Crippen LogP contribution < -0.4 is 10.2 Å². The van der Waals surface area contributed by atoms with Gasteiger partial charge in [0.05, 0.1) is 30.2 Å². The van der Waals surface area contributed by atoms with E-state index in [2.05, 4.69) is 45.5 Å². The molecule has 29 heavy (non-hydrogen) atoms. The van der Waals surface area contributed by atoms with Gasteiger partial charge in [0.1, 0.15) is 11.9 Å². The molecule has 6 nitrogen and oxygen atoms in total. The molecule has 0 spiro atoms. The van der Waals surface area contributed by atoms with Crippen LogP contribution in [0.5, 0.6) is 0 Å². The second kappa shape index (κ2) is 8.72. The van der Waals surface area contributed by atoms with E-state index in [4.69, 9.17) is 9.72 Å². The zero-order valence-corrected chi connectivity index (χ0v) is 16.4. The molecule has 0 radical (unpaired) electrons. The van der Waals surface area contributed by atoms with Gasteiger partial charge >= 0.3 is 0 Å². The summed E-state index contributed by atoms with van der Waals surface area (Å²) < 4.78 is 5.42. The molecule has 146 valence electrons. The maximum atomic E-state index is 9.35. The van der Waals surface area contributed by atoms with Gasteiger partial charge in [0.2, 0.25) is 0 Å². The van der Waals surface area contributed by atoms with E-state index in [1.807, 2.05) is 31.3 Å². The van der Waals surface area contributed by atoms with Crippen LogP contribution in [0.3, 0.4) is 0 Å². The summed E-state index contributed by atoms with van der Waals surface area (Å²) in [6.45, 7) is 3.43. The summed E-state index contributed by atoms with van der Waals surface area (Å²) in [5.74, 6) is 0.762. The molecular formula is C23H23N5O. The van der Waals surface area contributed by atoms with E-state index < -0.39 is 0 Å². The van der Waals surface area contributed by atoms with Crippen molar-refractivity contribution in [1.82, 2.24) is 9.97 Å². The zero-order chi connectivity index (χ0) is 20.1. The molecule has 0 atom stereocenters. The Balaban J connectivity index is 1.51. The zero-order valence-electron chi connectivity index (χ0n) is 16.4. The molecule has 0 saturated carbocycles. The highest BCUT2D eigenvalue weighted by Gasteiger charge is 2.11. The van der Waals surface area contributed by atoms with Gasteiger partial charge in [-0.05, 0) is 35.9 Å². The molecule has 0 unspecified atom stereocenters. The summed E-state index contributed by atoms with van der Waals surface area (Å²) in [5.41, 5.74) is 5.53. The summed E-state index contributed by atoms with van der Waals surface area (Å²) >= 11 is 0. The number of ether oxygens (including phenoxy) is 1. The van der Waals surface area contributed by atoms with Crippen molar-refractivity contribution >= 4 is 11.4 Å². The van der Waals surface area contributed by atoms with Crippen LogP contribution in [0, 0.1) is 11.3 Å². The molecule has 1 aromatic heterocycles. The van der Waals surface area contributed by atoms with Gasteiger partial charge < -0.3 is 15.0 Å². The fourth-order valence-corrected chi connectivity index (χ4v) is 3.49. The average Bonchev–Trinajstić information content (AvgIpc) is 2.80. The van der Waals surface area contributed by atoms with Crippen LogP contribution in [0.4, 0.5) is 11.4 Å². The lowest BCUT2D eigenvalue weighted by molar-refractivity contribution is 0.122. The van der Waals surface area contributed by atoms with E-state index in [0.717, 1.165) is 49.1 Å². The molecule has 0 bridgehead atoms. The van der Waals surface area contributed by atoms with E-state index in [9.17, 15) is 5.26 Å². The molecule has 2 heterocycles. The maximum absolute atomic E-state index is 9.35. The smallest absolute Gasteiger partial charge is 0.133 e. The first kappa shape index (κ1) is 18.9. The molecule has 1 aliphatic rings. The minimum Gasteiger partial charge on any atom is -0.387 e. The maximum Gasteiger partial charge on any atom is 0.133 e. The van der Waals surface area contributed by atoms with Crippen molar-refractivity contribution in [2.75, 3.05) is 43.6 Å². The lowest BCUT2D eigenvalue weighted by atomic mass is 10.1. The highest BCUT2D eigenvalue weighted by Crippen LogP contribution is 2.24. The topological polar surface area (TPSA) is 74.1 Å². The fourth-order valence-electron chi connectivity index (χ4n) is 3.49. The largest absolute Gasteiger partial charge is 0.387 e. The lowest BCUT2D eigenvalue weighted by Gasteiger charge is -2.28. The molecule has 0 amide bonds. The summed E-state index contributed by atoms with van der Waals surface area (Å²) in [5, 5.41) is 12.4. The predicted octanol–water partition coefficient (Wildman–Crippen LogP) is 3.48. The third kappa shape index (κ3) is 4.36. The van der Waals surface area contributed by atoms with Crippen molar-refractivity contribution < 1.29 is 4.74 Å². The minimum atomic E-state index is 0.601. The number of hydrogen-bond acceptors (Lipinski definition) is 6. The van der Waals surface area contributed by atoms with Gasteiger partial charge in [0.15, 0.2) is 0 Å². The van der Waals surface area contributed by atoms with Gasteiger partial charge in [-0.2, -0.15) is 5.26 Å². The lowest BCUT2D eigenvalue weighted by Crippen LogP contribution is -2.36. The molecule has 1 N–H and O–H groups in total. The van der Waals surface area contributed by atoms with Crippen LogP contribution in [-0.2, 0) is 11.2 Å². The summed E-state index contributed by atoms with van der Waals surface area (Å²) in [4.78, 5) is 11.5. The number of nitrogens with zero attached hydrogens (tertiary/aromatic N) is 4. The SMILES string of the molecule is CNc1ccc(-c2ccnc(Cc3ccc(N4CCOCC4)cc3)n2)cc1C#N. The first-order valence-electron chi connectivity index (χ1n) is 9.72. The van der Waals surface area contributed by atoms with Crippen molar-refractivity contribution in [2.45, 2.75) is 6.42 Å². The van der Waals surface area contributed by atoms with Crippen molar-refractivity contribution in [3.8, 4) is 17.3 Å². The predicted molar refractivity (Wildman–Crippen MR) is 114 cm³/mol. The Bertz CT molecular complexity index is 1020. The summed E-state index contributed by atoms with van der Waals surface area (Å²) in [6.07, 6.45) is 2.44. The number of nitrogens with one attached hydrogen (secondary N) is 1. The Morgan fingerprint density at radius 2 is 1.90 bits per heavy atom. The number of benzene rings is 2. The third-order valence-corrected chi connectivity index (χ3v) is 5.09. The second-order valence-electron chi connectivity index (χ2n) is 6.92. The monoisotopic (exact) mass is 385 g/mol. The van der Waals surface area contributed by atoms with Crippen LogP contribution in [-0.4, -0.2) is 43.3 Å². The van der Waals surface area contributed by atoms with E-state index in [-0.39, 0.29) is 0 Å². The molecule has 6 heteroatoms. The molecule has 1 saturated heterocycles. The number of anilines is 2. The molecular weight excluding hydrogens is 362 g/mol. The fraction of sp³-hybridized carbons (Fsp3) is 0.261. The number of nitriles is 1. The number of rotatable bonds is 5. The Hall–Kier alpha value is -3.43. The first-order valence-corrected chi connectivity index (χ1v) is 9.72. The van der Waals surface area contributed by atoms with Crippen LogP contribution in [0.25, 0.3) is 11.3 Å². The quantitative estimate of drug-likeness (QED) is 0.725. The van der Waals surface area contributed by atoms with Crippen LogP contribution in [0.1, 0.15) is 17.0 Å². The van der Waals surface area contributed by atoms with Crippen molar-refractivity contribution in [1.29, 1.82) is 5.26 Å².